The molecule has 2 N–H and O–H groups in total. The van der Waals surface area contributed by atoms with Crippen LogP contribution in [0.3, 0.4) is 0 Å². The number of aromatic nitrogens is 2. The lowest BCUT2D eigenvalue weighted by Crippen LogP contribution is -2.46. The molecule has 2 atom stereocenters. The molecule has 112 valence electrons. The number of primary amides is 1. The van der Waals surface area contributed by atoms with Crippen molar-refractivity contribution in [3.8, 4) is 0 Å². The van der Waals surface area contributed by atoms with Crippen molar-refractivity contribution in [1.29, 1.82) is 0 Å². The molecule has 1 amide bonds. The van der Waals surface area contributed by atoms with E-state index in [1.807, 2.05) is 0 Å². The highest BCUT2D eigenvalue weighted by Gasteiger charge is 2.30. The minimum Gasteiger partial charge on any atom is -0.369 e. The molecule has 3 rings (SSSR count). The third kappa shape index (κ3) is 2.60. The van der Waals surface area contributed by atoms with E-state index < -0.39 is 0 Å². The second-order valence-electron chi connectivity index (χ2n) is 5.66. The summed E-state index contributed by atoms with van der Waals surface area (Å²) in [5.41, 5.74) is 5.49. The maximum atomic E-state index is 11.5. The first-order chi connectivity index (χ1) is 10.1. The zero-order valence-corrected chi connectivity index (χ0v) is 13.2. The molecule has 21 heavy (non-hydrogen) atoms. The molecule has 6 heteroatoms. The number of nitrogens with zero attached hydrogens (tertiary/aromatic N) is 3. The van der Waals surface area contributed by atoms with Gasteiger partial charge in [-0.1, -0.05) is 6.92 Å². The number of nitrogens with two attached hydrogens (primary N) is 1. The summed E-state index contributed by atoms with van der Waals surface area (Å²) in [5, 5.41) is 1.09. The topological polar surface area (TPSA) is 72.1 Å². The van der Waals surface area contributed by atoms with Gasteiger partial charge < -0.3 is 10.6 Å². The lowest BCUT2D eigenvalue weighted by Gasteiger charge is -2.37. The van der Waals surface area contributed by atoms with Gasteiger partial charge in [-0.05, 0) is 32.3 Å². The SMILES string of the molecule is CCc1cc2c(N3CC(C(N)=O)CCC3C)ncnc2s1. The van der Waals surface area contributed by atoms with Gasteiger partial charge in [0.2, 0.25) is 5.91 Å². The van der Waals surface area contributed by atoms with Gasteiger partial charge in [0.25, 0.3) is 0 Å². The summed E-state index contributed by atoms with van der Waals surface area (Å²) in [4.78, 5) is 24.9. The molecule has 0 aliphatic carbocycles. The molecule has 0 radical (unpaired) electrons. The van der Waals surface area contributed by atoms with Crippen molar-refractivity contribution in [2.45, 2.75) is 39.2 Å². The molecule has 1 aliphatic rings. The van der Waals surface area contributed by atoms with E-state index in [-0.39, 0.29) is 11.8 Å². The number of aryl methyl sites for hydroxylation is 1. The summed E-state index contributed by atoms with van der Waals surface area (Å²) >= 11 is 1.71. The third-order valence-corrected chi connectivity index (χ3v) is 5.45. The third-order valence-electron chi connectivity index (χ3n) is 4.26. The second kappa shape index (κ2) is 5.60. The summed E-state index contributed by atoms with van der Waals surface area (Å²) in [7, 11) is 0. The lowest BCUT2D eigenvalue weighted by atomic mass is 9.93. The normalized spacial score (nSPS) is 22.7. The highest BCUT2D eigenvalue weighted by Crippen LogP contribution is 2.34. The molecule has 0 aromatic carbocycles. The predicted octanol–water partition coefficient (Wildman–Crippen LogP) is 2.34. The molecule has 0 spiro atoms. The average Bonchev–Trinajstić information content (AvgIpc) is 2.90. The van der Waals surface area contributed by atoms with Gasteiger partial charge in [-0.2, -0.15) is 0 Å². The number of thiophene rings is 1. The number of carbonyl (C=O) groups is 1. The Morgan fingerprint density at radius 1 is 1.48 bits per heavy atom. The summed E-state index contributed by atoms with van der Waals surface area (Å²) in [6, 6.07) is 2.54. The molecule has 2 unspecified atom stereocenters. The zero-order chi connectivity index (χ0) is 15.0. The van der Waals surface area contributed by atoms with E-state index in [2.05, 4.69) is 34.8 Å². The molecule has 0 saturated carbocycles. The molecular weight excluding hydrogens is 284 g/mol. The van der Waals surface area contributed by atoms with Crippen molar-refractivity contribution in [2.24, 2.45) is 11.7 Å². The van der Waals surface area contributed by atoms with Crippen LogP contribution in [-0.2, 0) is 11.2 Å². The van der Waals surface area contributed by atoms with Crippen molar-refractivity contribution in [3.05, 3.63) is 17.3 Å². The van der Waals surface area contributed by atoms with Gasteiger partial charge in [0.1, 0.15) is 17.0 Å². The van der Waals surface area contributed by atoms with Crippen LogP contribution < -0.4 is 10.6 Å². The van der Waals surface area contributed by atoms with Crippen molar-refractivity contribution in [1.82, 2.24) is 9.97 Å². The molecule has 1 saturated heterocycles. The lowest BCUT2D eigenvalue weighted by molar-refractivity contribution is -0.122. The molecule has 0 bridgehead atoms. The van der Waals surface area contributed by atoms with Gasteiger partial charge in [0, 0.05) is 17.5 Å². The number of rotatable bonds is 3. The summed E-state index contributed by atoms with van der Waals surface area (Å²) in [6.07, 6.45) is 4.45. The largest absolute Gasteiger partial charge is 0.369 e. The van der Waals surface area contributed by atoms with Gasteiger partial charge >= 0.3 is 0 Å². The van der Waals surface area contributed by atoms with Crippen LogP contribution in [0.2, 0.25) is 0 Å². The Hall–Kier alpha value is -1.69. The van der Waals surface area contributed by atoms with Crippen LogP contribution in [0.4, 0.5) is 5.82 Å². The van der Waals surface area contributed by atoms with E-state index in [1.54, 1.807) is 17.7 Å². The van der Waals surface area contributed by atoms with E-state index in [9.17, 15) is 4.79 Å². The molecule has 5 nitrogen and oxygen atoms in total. The van der Waals surface area contributed by atoms with Crippen LogP contribution in [0, 0.1) is 5.92 Å². The van der Waals surface area contributed by atoms with Gasteiger partial charge in [0.05, 0.1) is 11.3 Å². The summed E-state index contributed by atoms with van der Waals surface area (Å²) in [6.45, 7) is 4.97. The molecule has 3 heterocycles. The van der Waals surface area contributed by atoms with Crippen LogP contribution >= 0.6 is 11.3 Å². The molecular formula is C15H20N4OS. The first-order valence-electron chi connectivity index (χ1n) is 7.39. The number of anilines is 1. The monoisotopic (exact) mass is 304 g/mol. The van der Waals surface area contributed by atoms with E-state index >= 15 is 0 Å². The van der Waals surface area contributed by atoms with Gasteiger partial charge in [0.15, 0.2) is 0 Å². The number of hydrogen-bond donors (Lipinski definition) is 1. The molecule has 2 aromatic rings. The quantitative estimate of drug-likeness (QED) is 0.944. The van der Waals surface area contributed by atoms with Crippen molar-refractivity contribution in [3.63, 3.8) is 0 Å². The number of carbonyl (C=O) groups excluding carboxylic acids is 1. The summed E-state index contributed by atoms with van der Waals surface area (Å²) < 4.78 is 0. The Kier molecular flexibility index (Phi) is 3.80. The van der Waals surface area contributed by atoms with Crippen LogP contribution in [-0.4, -0.2) is 28.5 Å². The Bertz CT molecular complexity index is 669. The Labute approximate surface area is 128 Å². The van der Waals surface area contributed by atoms with Crippen LogP contribution in [0.1, 0.15) is 31.6 Å². The van der Waals surface area contributed by atoms with Crippen molar-refractivity contribution < 1.29 is 4.79 Å². The minimum absolute atomic E-state index is 0.0875. The fraction of sp³-hybridized carbons (Fsp3) is 0.533. The fourth-order valence-electron chi connectivity index (χ4n) is 2.93. The first kappa shape index (κ1) is 14.3. The number of fused-ring (bicyclic) bond motifs is 1. The van der Waals surface area contributed by atoms with Crippen LogP contribution in [0.15, 0.2) is 12.4 Å². The van der Waals surface area contributed by atoms with Gasteiger partial charge in [-0.15, -0.1) is 11.3 Å². The van der Waals surface area contributed by atoms with Crippen molar-refractivity contribution in [2.75, 3.05) is 11.4 Å². The number of piperidine rings is 1. The minimum atomic E-state index is -0.211. The van der Waals surface area contributed by atoms with Crippen LogP contribution in [0.5, 0.6) is 0 Å². The fourth-order valence-corrected chi connectivity index (χ4v) is 3.86. The first-order valence-corrected chi connectivity index (χ1v) is 8.21. The van der Waals surface area contributed by atoms with Gasteiger partial charge in [-0.25, -0.2) is 9.97 Å². The van der Waals surface area contributed by atoms with Gasteiger partial charge in [-0.3, -0.25) is 4.79 Å². The molecule has 1 fully saturated rings. The van der Waals surface area contributed by atoms with E-state index in [1.165, 1.54) is 4.88 Å². The van der Waals surface area contributed by atoms with E-state index in [0.717, 1.165) is 35.3 Å². The van der Waals surface area contributed by atoms with Crippen LogP contribution in [0.25, 0.3) is 10.2 Å². The Balaban J connectivity index is 2.01. The zero-order valence-electron chi connectivity index (χ0n) is 12.4. The summed E-state index contributed by atoms with van der Waals surface area (Å²) in [5.74, 6) is 0.640. The maximum Gasteiger partial charge on any atom is 0.222 e. The smallest absolute Gasteiger partial charge is 0.222 e. The number of amides is 1. The highest BCUT2D eigenvalue weighted by molar-refractivity contribution is 7.18. The Morgan fingerprint density at radius 3 is 3.00 bits per heavy atom. The second-order valence-corrected chi connectivity index (χ2v) is 6.78. The average molecular weight is 304 g/mol. The highest BCUT2D eigenvalue weighted by atomic mass is 32.1. The van der Waals surface area contributed by atoms with E-state index in [4.69, 9.17) is 5.73 Å². The predicted molar refractivity (Wildman–Crippen MR) is 85.5 cm³/mol. The van der Waals surface area contributed by atoms with E-state index in [0.29, 0.717) is 12.6 Å². The molecule has 2 aromatic heterocycles. The standard InChI is InChI=1S/C15H20N4OS/c1-3-11-6-12-14(17-8-18-15(12)21-11)19-7-10(13(16)20)5-4-9(19)2/h6,8-10H,3-5,7H2,1-2H3,(H2,16,20). The van der Waals surface area contributed by atoms with Crippen molar-refractivity contribution >= 4 is 33.3 Å². The number of hydrogen-bond acceptors (Lipinski definition) is 5. The Morgan fingerprint density at radius 2 is 2.29 bits per heavy atom. The maximum absolute atomic E-state index is 11.5. The molecule has 1 aliphatic heterocycles.